The molecule has 2 atom stereocenters. The molecule has 70 heavy (non-hydrogen) atoms. The smallest absolute Gasteiger partial charge is 0.353 e. The molecule has 4 rings (SSSR count). The third kappa shape index (κ3) is 26.2. The van der Waals surface area contributed by atoms with E-state index in [1.165, 1.54) is 12.0 Å². The first-order valence-electron chi connectivity index (χ1n) is 23.8. The summed E-state index contributed by atoms with van der Waals surface area (Å²) in [6.07, 6.45) is 8.09. The number of fused-ring (bicyclic) bond motifs is 2. The number of para-hydroxylation sites is 1. The summed E-state index contributed by atoms with van der Waals surface area (Å²) in [6, 6.07) is 15.4. The SMILES string of the molecule is CC.CCCCCN1C(=O)CC(SCCCCCCOP(O)(=S)OOC)C1=O.NC=O.NCCOCCOCCOCCOCCOCCN(N)/C1=C(\N)c2ccccc2N(C=O)Cc2ccccc21. The van der Waals surface area contributed by atoms with Crippen molar-refractivity contribution in [1.82, 2.24) is 9.91 Å². The van der Waals surface area contributed by atoms with E-state index in [1.54, 1.807) is 21.7 Å². The van der Waals surface area contributed by atoms with Gasteiger partial charge in [-0.2, -0.15) is 0 Å². The van der Waals surface area contributed by atoms with Gasteiger partial charge in [0.2, 0.25) is 24.6 Å². The zero-order valence-electron chi connectivity index (χ0n) is 41.6. The van der Waals surface area contributed by atoms with E-state index in [9.17, 15) is 19.3 Å². The van der Waals surface area contributed by atoms with E-state index in [4.69, 9.17) is 62.1 Å². The molecule has 0 saturated carbocycles. The lowest BCUT2D eigenvalue weighted by Gasteiger charge is -2.31. The Morgan fingerprint density at radius 2 is 1.37 bits per heavy atom. The Kier molecular flexibility index (Phi) is 37.7. The summed E-state index contributed by atoms with van der Waals surface area (Å²) in [5, 5.41) is 1.40. The number of imide groups is 1. The molecular formula is C47H80N7O13PS2. The molecule has 1 fully saturated rings. The van der Waals surface area contributed by atoms with Crippen LogP contribution in [0.3, 0.4) is 0 Å². The first-order valence-corrected chi connectivity index (χ1v) is 27.4. The number of unbranched alkanes of at least 4 members (excludes halogenated alkanes) is 5. The van der Waals surface area contributed by atoms with E-state index in [0.29, 0.717) is 117 Å². The van der Waals surface area contributed by atoms with Crippen molar-refractivity contribution in [2.75, 3.05) is 110 Å². The van der Waals surface area contributed by atoms with E-state index in [1.807, 2.05) is 62.4 Å². The van der Waals surface area contributed by atoms with Gasteiger partial charge >= 0.3 is 6.72 Å². The summed E-state index contributed by atoms with van der Waals surface area (Å²) < 4.78 is 36.9. The lowest BCUT2D eigenvalue weighted by molar-refractivity contribution is -0.189. The largest absolute Gasteiger partial charge is 0.396 e. The Morgan fingerprint density at radius 3 is 1.96 bits per heavy atom. The van der Waals surface area contributed by atoms with Gasteiger partial charge in [-0.25, -0.2) is 10.7 Å². The third-order valence-corrected chi connectivity index (χ3v) is 12.6. The van der Waals surface area contributed by atoms with Crippen LogP contribution in [0.25, 0.3) is 11.4 Å². The molecule has 0 aliphatic carbocycles. The van der Waals surface area contributed by atoms with Crippen LogP contribution in [0.4, 0.5) is 5.69 Å². The van der Waals surface area contributed by atoms with E-state index in [2.05, 4.69) is 22.2 Å². The number of hydrogen-bond acceptors (Lipinski definition) is 18. The highest BCUT2D eigenvalue weighted by atomic mass is 32.5. The number of nitrogens with two attached hydrogens (primary N) is 4. The van der Waals surface area contributed by atoms with Crippen molar-refractivity contribution in [3.63, 3.8) is 0 Å². The van der Waals surface area contributed by atoms with Gasteiger partial charge in [0.25, 0.3) is 0 Å². The molecule has 2 aliphatic heterocycles. The fourth-order valence-corrected chi connectivity index (χ4v) is 8.93. The molecule has 0 bridgehead atoms. The highest BCUT2D eigenvalue weighted by Gasteiger charge is 2.38. The molecular weight excluding hydrogens is 966 g/mol. The number of hydrogen-bond donors (Lipinski definition) is 5. The van der Waals surface area contributed by atoms with Crippen molar-refractivity contribution in [2.45, 2.75) is 83.9 Å². The Bertz CT molecular complexity index is 1820. The molecule has 4 amide bonds. The predicted molar refractivity (Wildman–Crippen MR) is 278 cm³/mol. The number of ether oxygens (including phenoxy) is 5. The van der Waals surface area contributed by atoms with Gasteiger partial charge in [0, 0.05) is 30.6 Å². The van der Waals surface area contributed by atoms with Gasteiger partial charge in [-0.3, -0.25) is 24.1 Å². The number of primary amides is 1. The molecule has 398 valence electrons. The monoisotopic (exact) mass is 1050 g/mol. The number of rotatable bonds is 34. The van der Waals surface area contributed by atoms with E-state index in [-0.39, 0.29) is 23.5 Å². The van der Waals surface area contributed by atoms with Crippen molar-refractivity contribution in [3.8, 4) is 0 Å². The van der Waals surface area contributed by atoms with Crippen LogP contribution in [0, 0.1) is 0 Å². The molecule has 2 aliphatic rings. The molecule has 2 heterocycles. The van der Waals surface area contributed by atoms with Crippen LogP contribution >= 0.6 is 18.5 Å². The Balaban J connectivity index is 0.000000685. The van der Waals surface area contributed by atoms with Crippen LogP contribution in [-0.4, -0.2) is 150 Å². The molecule has 1 saturated heterocycles. The van der Waals surface area contributed by atoms with Crippen LogP contribution in [-0.2, 0) is 75.3 Å². The number of benzene rings is 2. The predicted octanol–water partition coefficient (Wildman–Crippen LogP) is 4.70. The summed E-state index contributed by atoms with van der Waals surface area (Å²) in [5.74, 6) is 7.33. The first kappa shape index (κ1) is 64.4. The highest BCUT2D eigenvalue weighted by molar-refractivity contribution is 8.07. The zero-order chi connectivity index (χ0) is 51.8. The number of hydrazine groups is 1. The quantitative estimate of drug-likeness (QED) is 0.0121. The Morgan fingerprint density at radius 1 is 0.814 bits per heavy atom. The fraction of sp³-hybridized carbons (Fsp3) is 0.617. The zero-order valence-corrected chi connectivity index (χ0v) is 44.1. The van der Waals surface area contributed by atoms with Gasteiger partial charge in [-0.15, -0.1) is 16.4 Å². The van der Waals surface area contributed by atoms with Crippen LogP contribution in [0.15, 0.2) is 48.5 Å². The minimum absolute atomic E-state index is 0.0173. The second kappa shape index (κ2) is 41.0. The maximum atomic E-state index is 12.3. The maximum absolute atomic E-state index is 12.3. The topological polar surface area (TPSA) is 276 Å². The number of carbonyl (C=O) groups excluding carboxylic acids is 4. The fourth-order valence-electron chi connectivity index (χ4n) is 6.74. The van der Waals surface area contributed by atoms with Gasteiger partial charge in [0.05, 0.1) is 115 Å². The van der Waals surface area contributed by atoms with Crippen molar-refractivity contribution < 1.29 is 61.8 Å². The molecule has 0 spiro atoms. The van der Waals surface area contributed by atoms with E-state index < -0.39 is 6.72 Å². The van der Waals surface area contributed by atoms with Crippen LogP contribution in [0.5, 0.6) is 0 Å². The van der Waals surface area contributed by atoms with Crippen molar-refractivity contribution in [2.24, 2.45) is 23.0 Å². The van der Waals surface area contributed by atoms with Crippen molar-refractivity contribution >= 4 is 72.0 Å². The summed E-state index contributed by atoms with van der Waals surface area (Å²) in [4.78, 5) is 61.6. The summed E-state index contributed by atoms with van der Waals surface area (Å²) >= 11 is 6.30. The van der Waals surface area contributed by atoms with E-state index >= 15 is 0 Å². The number of carbonyl (C=O) groups is 4. The molecule has 0 aromatic heterocycles. The van der Waals surface area contributed by atoms with Gasteiger partial charge < -0.3 is 60.2 Å². The van der Waals surface area contributed by atoms with Gasteiger partial charge in [-0.05, 0) is 48.5 Å². The molecule has 23 heteroatoms. The highest BCUT2D eigenvalue weighted by Crippen LogP contribution is 2.43. The molecule has 0 radical (unpaired) electrons. The summed E-state index contributed by atoms with van der Waals surface area (Å²) in [5.41, 5.74) is 20.7. The maximum Gasteiger partial charge on any atom is 0.353 e. The van der Waals surface area contributed by atoms with Crippen LogP contribution in [0.1, 0.15) is 88.8 Å². The number of nitrogens with zero attached hydrogens (tertiary/aromatic N) is 3. The number of likely N-dealkylation sites (tertiary alicyclic amines) is 1. The average molecular weight is 1050 g/mol. The third-order valence-electron chi connectivity index (χ3n) is 9.98. The number of thioether (sulfide) groups is 1. The molecule has 2 aromatic rings. The molecule has 9 N–H and O–H groups in total. The Hall–Kier alpha value is -3.58. The number of anilines is 1. The second-order valence-electron chi connectivity index (χ2n) is 15.0. The normalized spacial score (nSPS) is 16.0. The lowest BCUT2D eigenvalue weighted by atomic mass is 9.96. The van der Waals surface area contributed by atoms with Gasteiger partial charge in [0.1, 0.15) is 0 Å². The lowest BCUT2D eigenvalue weighted by Crippen LogP contribution is -2.36. The second-order valence-corrected chi connectivity index (χ2v) is 19.0. The van der Waals surface area contributed by atoms with Crippen molar-refractivity contribution in [3.05, 3.63) is 65.2 Å². The Labute approximate surface area is 424 Å². The molecule has 20 nitrogen and oxygen atoms in total. The summed E-state index contributed by atoms with van der Waals surface area (Å²) in [6.45, 7) is 9.93. The molecule has 2 unspecified atom stereocenters. The van der Waals surface area contributed by atoms with Gasteiger partial charge in [0.15, 0.2) is 0 Å². The van der Waals surface area contributed by atoms with E-state index in [0.717, 1.165) is 79.5 Å². The first-order chi connectivity index (χ1) is 34.0. The minimum atomic E-state index is -3.26. The van der Waals surface area contributed by atoms with Crippen LogP contribution in [0.2, 0.25) is 0 Å². The van der Waals surface area contributed by atoms with Crippen molar-refractivity contribution in [1.29, 1.82) is 0 Å². The minimum Gasteiger partial charge on any atom is -0.396 e. The average Bonchev–Trinajstić information content (AvgIpc) is 3.62. The number of amides is 4. The molecule has 2 aromatic carbocycles. The standard InChI is InChI=1S/C28H41N5O6.C16H30NO6PS2.C2H6.CH3NO/c29-9-11-35-13-15-37-17-19-39-20-18-38-16-14-36-12-10-33(31)28-24-6-2-1-5-23(24)21-32(22-34)26-8-4-3-7-25(26)27(28)30;1-3-4-7-10-17-15(18)13-14(16(17)19)26-12-9-6-5-8-11-22-24(20,25)23-21-2;1-2;2-1-3/h1-8,22H,9-21,29-31H2;14H,3-13H2,1-2H3,(H,20,25);1-2H3;1H,(H2,2,3)/b28-27-;;;. The van der Waals surface area contributed by atoms with Crippen LogP contribution < -0.4 is 27.9 Å². The summed E-state index contributed by atoms with van der Waals surface area (Å²) in [7, 11) is 1.27. The van der Waals surface area contributed by atoms with Gasteiger partial charge in [-0.1, -0.05) is 88.9 Å².